The third-order valence-corrected chi connectivity index (χ3v) is 7.54. The normalized spacial score (nSPS) is 15.2. The first-order chi connectivity index (χ1) is 7.10. The second-order valence-corrected chi connectivity index (χ2v) is 10.7. The number of hydrogen-bond donors (Lipinski definition) is 0. The van der Waals surface area contributed by atoms with Gasteiger partial charge in [-0.15, -0.1) is 0 Å². The SMILES string of the molecule is C/C=C/[C@@H](C)CC(=O)O[Si](C)(C)C(C)(C)C. The van der Waals surface area contributed by atoms with Crippen LogP contribution in [0.25, 0.3) is 0 Å². The molecule has 0 heterocycles. The van der Waals surface area contributed by atoms with Crippen molar-refractivity contribution >= 4 is 14.3 Å². The number of hydrogen-bond acceptors (Lipinski definition) is 2. The molecular formula is C13H26O2Si. The molecule has 0 aliphatic carbocycles. The molecule has 0 aliphatic rings. The summed E-state index contributed by atoms with van der Waals surface area (Å²) in [7, 11) is -1.93. The molecule has 0 aromatic rings. The molecule has 0 amide bonds. The van der Waals surface area contributed by atoms with Gasteiger partial charge in [-0.3, -0.25) is 4.79 Å². The van der Waals surface area contributed by atoms with Crippen molar-refractivity contribution in [3.8, 4) is 0 Å². The van der Waals surface area contributed by atoms with Crippen LogP contribution in [0.15, 0.2) is 12.2 Å². The Labute approximate surface area is 101 Å². The van der Waals surface area contributed by atoms with E-state index in [9.17, 15) is 4.79 Å². The number of carbonyl (C=O) groups excluding carboxylic acids is 1. The molecule has 0 saturated carbocycles. The van der Waals surface area contributed by atoms with E-state index in [4.69, 9.17) is 4.43 Å². The van der Waals surface area contributed by atoms with E-state index in [1.165, 1.54) is 0 Å². The molecule has 0 fully saturated rings. The molecular weight excluding hydrogens is 216 g/mol. The lowest BCUT2D eigenvalue weighted by Crippen LogP contribution is -2.42. The largest absolute Gasteiger partial charge is 0.519 e. The van der Waals surface area contributed by atoms with E-state index >= 15 is 0 Å². The molecule has 2 nitrogen and oxygen atoms in total. The minimum absolute atomic E-state index is 0.0582. The van der Waals surface area contributed by atoms with Crippen LogP contribution in [0.4, 0.5) is 0 Å². The first-order valence-electron chi connectivity index (χ1n) is 5.95. The monoisotopic (exact) mass is 242 g/mol. The summed E-state index contributed by atoms with van der Waals surface area (Å²) < 4.78 is 5.69. The molecule has 0 aromatic carbocycles. The van der Waals surface area contributed by atoms with Crippen molar-refractivity contribution in [3.05, 3.63) is 12.2 Å². The average molecular weight is 242 g/mol. The van der Waals surface area contributed by atoms with Gasteiger partial charge < -0.3 is 4.43 Å². The second-order valence-electron chi connectivity index (χ2n) is 5.94. The predicted molar refractivity (Wildman–Crippen MR) is 71.9 cm³/mol. The molecule has 0 bridgehead atoms. The van der Waals surface area contributed by atoms with E-state index in [2.05, 4.69) is 33.9 Å². The van der Waals surface area contributed by atoms with Crippen LogP contribution in [0.1, 0.15) is 41.0 Å². The van der Waals surface area contributed by atoms with Crippen molar-refractivity contribution < 1.29 is 9.22 Å². The van der Waals surface area contributed by atoms with Crippen molar-refractivity contribution in [2.45, 2.75) is 59.2 Å². The van der Waals surface area contributed by atoms with E-state index in [1.54, 1.807) is 0 Å². The number of carbonyl (C=O) groups is 1. The van der Waals surface area contributed by atoms with Crippen LogP contribution in [-0.4, -0.2) is 14.3 Å². The first-order valence-corrected chi connectivity index (χ1v) is 8.85. The third kappa shape index (κ3) is 4.97. The van der Waals surface area contributed by atoms with Crippen molar-refractivity contribution in [3.63, 3.8) is 0 Å². The predicted octanol–water partition coefficient (Wildman–Crippen LogP) is 4.14. The molecule has 16 heavy (non-hydrogen) atoms. The molecule has 1 atom stereocenters. The lowest BCUT2D eigenvalue weighted by molar-refractivity contribution is -0.136. The van der Waals surface area contributed by atoms with Crippen LogP contribution >= 0.6 is 0 Å². The summed E-state index contributed by atoms with van der Waals surface area (Å²) in [6.45, 7) is 14.6. The van der Waals surface area contributed by atoms with Gasteiger partial charge in [-0.05, 0) is 31.0 Å². The Bertz CT molecular complexity index is 262. The Morgan fingerprint density at radius 3 is 2.25 bits per heavy atom. The lowest BCUT2D eigenvalue weighted by atomic mass is 10.1. The molecule has 0 rings (SSSR count). The van der Waals surface area contributed by atoms with Gasteiger partial charge in [-0.1, -0.05) is 39.8 Å². The van der Waals surface area contributed by atoms with Gasteiger partial charge in [0.1, 0.15) is 0 Å². The first kappa shape index (κ1) is 15.4. The van der Waals surface area contributed by atoms with Crippen LogP contribution in [0.5, 0.6) is 0 Å². The van der Waals surface area contributed by atoms with Crippen LogP contribution in [0, 0.1) is 5.92 Å². The molecule has 94 valence electrons. The van der Waals surface area contributed by atoms with Gasteiger partial charge in [0.15, 0.2) is 0 Å². The average Bonchev–Trinajstić information content (AvgIpc) is 1.99. The summed E-state index contributed by atoms with van der Waals surface area (Å²) in [5.41, 5.74) is 0. The standard InChI is InChI=1S/C13H26O2Si/c1-8-9-11(2)10-12(14)15-16(6,7)13(3,4)5/h8-9,11H,10H2,1-7H3/b9-8+/t11-/m1/s1. The summed E-state index contributed by atoms with van der Waals surface area (Å²) in [4.78, 5) is 11.8. The minimum Gasteiger partial charge on any atom is -0.519 e. The van der Waals surface area contributed by atoms with E-state index < -0.39 is 8.32 Å². The van der Waals surface area contributed by atoms with Gasteiger partial charge in [-0.2, -0.15) is 0 Å². The van der Waals surface area contributed by atoms with Crippen molar-refractivity contribution in [2.75, 3.05) is 0 Å². The van der Waals surface area contributed by atoms with Crippen LogP contribution in [0.3, 0.4) is 0 Å². The fraction of sp³-hybridized carbons (Fsp3) is 0.769. The van der Waals surface area contributed by atoms with Crippen molar-refractivity contribution in [1.82, 2.24) is 0 Å². The zero-order valence-electron chi connectivity index (χ0n) is 11.8. The summed E-state index contributed by atoms with van der Waals surface area (Å²) in [6.07, 6.45) is 4.49. The smallest absolute Gasteiger partial charge is 0.293 e. The molecule has 0 saturated heterocycles. The third-order valence-electron chi connectivity index (χ3n) is 3.18. The molecule has 3 heteroatoms. The Hall–Kier alpha value is -0.573. The molecule has 0 aliphatic heterocycles. The molecule has 0 spiro atoms. The van der Waals surface area contributed by atoms with Gasteiger partial charge in [-0.25, -0.2) is 0 Å². The highest BCUT2D eigenvalue weighted by Crippen LogP contribution is 2.36. The highest BCUT2D eigenvalue weighted by Gasteiger charge is 2.40. The molecule has 0 unspecified atom stereocenters. The summed E-state index contributed by atoms with van der Waals surface area (Å²) in [6, 6.07) is 0. The molecule has 0 N–H and O–H groups in total. The quantitative estimate of drug-likeness (QED) is 0.547. The minimum atomic E-state index is -1.93. The van der Waals surface area contributed by atoms with E-state index in [-0.39, 0.29) is 16.9 Å². The van der Waals surface area contributed by atoms with Crippen LogP contribution in [-0.2, 0) is 9.22 Å². The van der Waals surface area contributed by atoms with Crippen LogP contribution in [0.2, 0.25) is 18.1 Å². The summed E-state index contributed by atoms with van der Waals surface area (Å²) in [5.74, 6) is 0.208. The van der Waals surface area contributed by atoms with E-state index in [0.717, 1.165) is 0 Å². The number of rotatable bonds is 4. The highest BCUT2D eigenvalue weighted by molar-refractivity contribution is 6.75. The highest BCUT2D eigenvalue weighted by atomic mass is 28.4. The maximum atomic E-state index is 11.8. The number of allylic oxidation sites excluding steroid dienone is 2. The molecule has 0 aromatic heterocycles. The van der Waals surface area contributed by atoms with E-state index in [0.29, 0.717) is 6.42 Å². The zero-order valence-corrected chi connectivity index (χ0v) is 12.8. The van der Waals surface area contributed by atoms with Gasteiger partial charge in [0, 0.05) is 0 Å². The lowest BCUT2D eigenvalue weighted by Gasteiger charge is -2.35. The summed E-state index contributed by atoms with van der Waals surface area (Å²) >= 11 is 0. The van der Waals surface area contributed by atoms with Gasteiger partial charge in [0.05, 0.1) is 6.42 Å². The fourth-order valence-electron chi connectivity index (χ4n) is 1.14. The Balaban J connectivity index is 4.36. The van der Waals surface area contributed by atoms with Crippen LogP contribution < -0.4 is 0 Å². The second kappa shape index (κ2) is 5.67. The maximum Gasteiger partial charge on any atom is 0.293 e. The van der Waals surface area contributed by atoms with Gasteiger partial charge >= 0.3 is 0 Å². The fourth-order valence-corrected chi connectivity index (χ4v) is 2.10. The van der Waals surface area contributed by atoms with E-state index in [1.807, 2.05) is 26.0 Å². The van der Waals surface area contributed by atoms with Gasteiger partial charge in [0.25, 0.3) is 14.3 Å². The van der Waals surface area contributed by atoms with Gasteiger partial charge in [0.2, 0.25) is 0 Å². The zero-order chi connectivity index (χ0) is 13.0. The van der Waals surface area contributed by atoms with Crippen molar-refractivity contribution in [1.29, 1.82) is 0 Å². The Kier molecular flexibility index (Phi) is 5.46. The van der Waals surface area contributed by atoms with Crippen molar-refractivity contribution in [2.24, 2.45) is 5.92 Å². The summed E-state index contributed by atoms with van der Waals surface area (Å²) in [5, 5.41) is 0.0898. The Morgan fingerprint density at radius 2 is 1.88 bits per heavy atom. The topological polar surface area (TPSA) is 26.3 Å². The Morgan fingerprint density at radius 1 is 1.38 bits per heavy atom. The maximum absolute atomic E-state index is 11.8. The molecule has 0 radical (unpaired) electrons.